The number of hydrogen-bond donors (Lipinski definition) is 1. The first kappa shape index (κ1) is 11.5. The number of aromatic nitrogens is 2. The van der Waals surface area contributed by atoms with Crippen LogP contribution in [-0.4, -0.2) is 9.55 Å². The zero-order valence-corrected chi connectivity index (χ0v) is 11.5. The highest BCUT2D eigenvalue weighted by molar-refractivity contribution is 9.10. The normalized spacial score (nSPS) is 10.7. The second-order valence-corrected chi connectivity index (χ2v) is 5.43. The number of halogens is 1. The summed E-state index contributed by atoms with van der Waals surface area (Å²) in [5.74, 6) is 0. The van der Waals surface area contributed by atoms with Gasteiger partial charge in [0.15, 0.2) is 5.16 Å². The lowest BCUT2D eigenvalue weighted by atomic mass is 10.2. The van der Waals surface area contributed by atoms with Gasteiger partial charge in [0.1, 0.15) is 0 Å². The van der Waals surface area contributed by atoms with Crippen molar-refractivity contribution in [3.63, 3.8) is 0 Å². The summed E-state index contributed by atoms with van der Waals surface area (Å²) >= 11 is 5.13. The van der Waals surface area contributed by atoms with Gasteiger partial charge in [-0.05, 0) is 40.5 Å². The lowest BCUT2D eigenvalue weighted by molar-refractivity contribution is 0.790. The van der Waals surface area contributed by atoms with Crippen LogP contribution in [0.3, 0.4) is 0 Å². The highest BCUT2D eigenvalue weighted by atomic mass is 79.9. The summed E-state index contributed by atoms with van der Waals surface area (Å²) in [6.07, 6.45) is 3.72. The van der Waals surface area contributed by atoms with E-state index in [-0.39, 0.29) is 0 Å². The van der Waals surface area contributed by atoms with Crippen LogP contribution in [0, 0.1) is 6.92 Å². The molecule has 0 bridgehead atoms. The predicted molar refractivity (Wildman–Crippen MR) is 70.6 cm³/mol. The van der Waals surface area contributed by atoms with Crippen molar-refractivity contribution in [3.05, 3.63) is 34.6 Å². The molecule has 0 amide bonds. The molecule has 0 spiro atoms. The van der Waals surface area contributed by atoms with Crippen LogP contribution in [0.4, 0.5) is 5.69 Å². The Bertz CT molecular complexity index is 522. The Morgan fingerprint density at radius 1 is 1.44 bits per heavy atom. The highest BCUT2D eigenvalue weighted by Gasteiger charge is 2.08. The van der Waals surface area contributed by atoms with E-state index in [2.05, 4.69) is 27.0 Å². The molecule has 0 saturated heterocycles. The maximum absolute atomic E-state index is 5.83. The van der Waals surface area contributed by atoms with E-state index in [1.165, 1.54) is 0 Å². The highest BCUT2D eigenvalue weighted by Crippen LogP contribution is 2.34. The molecule has 1 heterocycles. The first-order chi connectivity index (χ1) is 7.58. The zero-order valence-electron chi connectivity index (χ0n) is 9.07. The van der Waals surface area contributed by atoms with E-state index in [9.17, 15) is 0 Å². The molecule has 2 N–H and O–H groups in total. The van der Waals surface area contributed by atoms with Crippen molar-refractivity contribution in [2.75, 3.05) is 5.73 Å². The van der Waals surface area contributed by atoms with Gasteiger partial charge in [0.2, 0.25) is 0 Å². The molecular formula is C11H12BrN3S. The second kappa shape index (κ2) is 4.51. The van der Waals surface area contributed by atoms with Crippen molar-refractivity contribution in [2.45, 2.75) is 17.0 Å². The van der Waals surface area contributed by atoms with Gasteiger partial charge in [-0.25, -0.2) is 4.98 Å². The minimum Gasteiger partial charge on any atom is -0.398 e. The molecule has 0 atom stereocenters. The van der Waals surface area contributed by atoms with Crippen LogP contribution in [0.5, 0.6) is 0 Å². The molecule has 0 unspecified atom stereocenters. The number of hydrogen-bond acceptors (Lipinski definition) is 3. The van der Waals surface area contributed by atoms with E-state index in [4.69, 9.17) is 5.73 Å². The third-order valence-corrected chi connectivity index (χ3v) is 4.35. The molecule has 0 aliphatic heterocycles. The Morgan fingerprint density at radius 3 is 2.81 bits per heavy atom. The topological polar surface area (TPSA) is 43.8 Å². The molecule has 1 aromatic carbocycles. The van der Waals surface area contributed by atoms with Gasteiger partial charge in [-0.2, -0.15) is 0 Å². The maximum Gasteiger partial charge on any atom is 0.172 e. The smallest absolute Gasteiger partial charge is 0.172 e. The average Bonchev–Trinajstić information content (AvgIpc) is 2.61. The summed E-state index contributed by atoms with van der Waals surface area (Å²) in [6, 6.07) is 4.00. The Hall–Kier alpha value is -0.940. The average molecular weight is 298 g/mol. The maximum atomic E-state index is 5.83. The van der Waals surface area contributed by atoms with E-state index in [0.29, 0.717) is 0 Å². The third kappa shape index (κ3) is 2.25. The van der Waals surface area contributed by atoms with Gasteiger partial charge in [-0.3, -0.25) is 0 Å². The number of rotatable bonds is 2. The molecule has 2 aromatic rings. The molecule has 0 saturated carbocycles. The van der Waals surface area contributed by atoms with Gasteiger partial charge < -0.3 is 10.3 Å². The van der Waals surface area contributed by atoms with E-state index in [1.807, 2.05) is 30.8 Å². The van der Waals surface area contributed by atoms with Crippen molar-refractivity contribution in [1.29, 1.82) is 0 Å². The molecule has 0 aliphatic carbocycles. The van der Waals surface area contributed by atoms with Crippen molar-refractivity contribution in [1.82, 2.24) is 9.55 Å². The number of imidazole rings is 1. The zero-order chi connectivity index (χ0) is 11.7. The van der Waals surface area contributed by atoms with E-state index >= 15 is 0 Å². The molecule has 5 heteroatoms. The van der Waals surface area contributed by atoms with Crippen LogP contribution < -0.4 is 5.73 Å². The summed E-state index contributed by atoms with van der Waals surface area (Å²) in [5, 5.41) is 0.963. The van der Waals surface area contributed by atoms with Crippen molar-refractivity contribution >= 4 is 33.4 Å². The van der Waals surface area contributed by atoms with E-state index < -0.39 is 0 Å². The minimum atomic E-state index is 0.802. The van der Waals surface area contributed by atoms with Gasteiger partial charge >= 0.3 is 0 Å². The van der Waals surface area contributed by atoms with Crippen LogP contribution >= 0.6 is 27.7 Å². The summed E-state index contributed by atoms with van der Waals surface area (Å²) in [4.78, 5) is 5.40. The standard InChI is InChI=1S/C11H12BrN3S/c1-7-5-10(8(12)6-9(7)13)16-11-14-3-4-15(11)2/h3-6H,13H2,1-2H3. The van der Waals surface area contributed by atoms with Crippen LogP contribution in [0.2, 0.25) is 0 Å². The first-order valence-electron chi connectivity index (χ1n) is 4.78. The fraction of sp³-hybridized carbons (Fsp3) is 0.182. The van der Waals surface area contributed by atoms with Gasteiger partial charge in [0, 0.05) is 34.5 Å². The van der Waals surface area contributed by atoms with E-state index in [0.717, 1.165) is 25.8 Å². The summed E-state index contributed by atoms with van der Waals surface area (Å²) < 4.78 is 2.99. The molecular weight excluding hydrogens is 286 g/mol. The summed E-state index contributed by atoms with van der Waals surface area (Å²) in [6.45, 7) is 2.00. The Labute approximate surface area is 107 Å². The molecule has 0 fully saturated rings. The molecule has 84 valence electrons. The number of nitrogen functional groups attached to an aromatic ring is 1. The largest absolute Gasteiger partial charge is 0.398 e. The van der Waals surface area contributed by atoms with Crippen molar-refractivity contribution < 1.29 is 0 Å². The minimum absolute atomic E-state index is 0.802. The Kier molecular flexibility index (Phi) is 3.25. The SMILES string of the molecule is Cc1cc(Sc2nccn2C)c(Br)cc1N. The quantitative estimate of drug-likeness (QED) is 0.866. The van der Waals surface area contributed by atoms with Gasteiger partial charge in [0.05, 0.1) is 0 Å². The second-order valence-electron chi connectivity index (χ2n) is 3.56. The Morgan fingerprint density at radius 2 is 2.19 bits per heavy atom. The molecule has 3 nitrogen and oxygen atoms in total. The fourth-order valence-corrected chi connectivity index (χ4v) is 2.81. The number of anilines is 1. The molecule has 0 aliphatic rings. The summed E-state index contributed by atoms with van der Waals surface area (Å²) in [5.41, 5.74) is 7.72. The van der Waals surface area contributed by atoms with Gasteiger partial charge in [0.25, 0.3) is 0 Å². The monoisotopic (exact) mass is 297 g/mol. The van der Waals surface area contributed by atoms with E-state index in [1.54, 1.807) is 18.0 Å². The number of benzene rings is 1. The van der Waals surface area contributed by atoms with Gasteiger partial charge in [-0.15, -0.1) is 0 Å². The van der Waals surface area contributed by atoms with Crippen LogP contribution in [0.15, 0.2) is 39.1 Å². The third-order valence-electron chi connectivity index (χ3n) is 2.30. The first-order valence-corrected chi connectivity index (χ1v) is 6.39. The fourth-order valence-electron chi connectivity index (χ4n) is 1.30. The lowest BCUT2D eigenvalue weighted by Crippen LogP contribution is -1.92. The Balaban J connectivity index is 2.35. The number of nitrogens with zero attached hydrogens (tertiary/aromatic N) is 2. The lowest BCUT2D eigenvalue weighted by Gasteiger charge is -2.07. The van der Waals surface area contributed by atoms with Crippen LogP contribution in [0.1, 0.15) is 5.56 Å². The van der Waals surface area contributed by atoms with Crippen LogP contribution in [-0.2, 0) is 7.05 Å². The molecule has 2 rings (SSSR count). The molecule has 16 heavy (non-hydrogen) atoms. The summed E-state index contributed by atoms with van der Waals surface area (Å²) in [7, 11) is 1.98. The molecule has 1 aromatic heterocycles. The number of aryl methyl sites for hydroxylation is 2. The van der Waals surface area contributed by atoms with Crippen molar-refractivity contribution in [3.8, 4) is 0 Å². The predicted octanol–water partition coefficient (Wildman–Crippen LogP) is 3.22. The molecule has 0 radical (unpaired) electrons. The van der Waals surface area contributed by atoms with Crippen molar-refractivity contribution in [2.24, 2.45) is 7.05 Å². The number of nitrogens with two attached hydrogens (primary N) is 1. The van der Waals surface area contributed by atoms with Crippen LogP contribution in [0.25, 0.3) is 0 Å². The van der Waals surface area contributed by atoms with Gasteiger partial charge in [-0.1, -0.05) is 11.8 Å².